The first kappa shape index (κ1) is 12.4. The SMILES string of the molecule is [N-]=[N+]=NCCC(O)C(O)c1[nH]nc2ccccc12. The number of hydrogen-bond donors (Lipinski definition) is 3. The second-order valence-electron chi connectivity index (χ2n) is 3.91. The lowest BCUT2D eigenvalue weighted by Gasteiger charge is -2.15. The highest BCUT2D eigenvalue weighted by molar-refractivity contribution is 5.81. The van der Waals surface area contributed by atoms with Crippen LogP contribution < -0.4 is 0 Å². The van der Waals surface area contributed by atoms with Crippen LogP contribution in [0.15, 0.2) is 29.4 Å². The van der Waals surface area contributed by atoms with Crippen molar-refractivity contribution in [3.8, 4) is 0 Å². The largest absolute Gasteiger partial charge is 0.390 e. The molecule has 0 saturated carbocycles. The highest BCUT2D eigenvalue weighted by Crippen LogP contribution is 2.24. The van der Waals surface area contributed by atoms with E-state index in [1.54, 1.807) is 0 Å². The van der Waals surface area contributed by atoms with Crippen molar-refractivity contribution >= 4 is 10.9 Å². The summed E-state index contributed by atoms with van der Waals surface area (Å²) in [6, 6.07) is 7.31. The van der Waals surface area contributed by atoms with E-state index >= 15 is 0 Å². The number of aromatic amines is 1. The molecule has 0 spiro atoms. The molecule has 0 aliphatic heterocycles. The molecule has 2 atom stereocenters. The van der Waals surface area contributed by atoms with E-state index in [1.807, 2.05) is 24.3 Å². The molecule has 1 aromatic carbocycles. The van der Waals surface area contributed by atoms with Gasteiger partial charge in [-0.15, -0.1) is 0 Å². The molecule has 0 aliphatic rings. The normalized spacial score (nSPS) is 14.1. The Kier molecular flexibility index (Phi) is 3.78. The zero-order valence-corrected chi connectivity index (χ0v) is 9.56. The Balaban J connectivity index is 2.17. The van der Waals surface area contributed by atoms with Crippen molar-refractivity contribution in [2.24, 2.45) is 5.11 Å². The average molecular weight is 247 g/mol. The molecule has 0 amide bonds. The van der Waals surface area contributed by atoms with E-state index in [0.717, 1.165) is 10.9 Å². The Morgan fingerprint density at radius 2 is 2.17 bits per heavy atom. The summed E-state index contributed by atoms with van der Waals surface area (Å²) in [5, 5.41) is 30.7. The number of rotatable bonds is 5. The minimum atomic E-state index is -1.08. The van der Waals surface area contributed by atoms with Crippen LogP contribution in [0.1, 0.15) is 18.2 Å². The number of para-hydroxylation sites is 1. The minimum absolute atomic E-state index is 0.140. The number of H-pyrrole nitrogens is 1. The van der Waals surface area contributed by atoms with E-state index in [-0.39, 0.29) is 13.0 Å². The van der Waals surface area contributed by atoms with Crippen molar-refractivity contribution in [1.29, 1.82) is 0 Å². The number of azide groups is 1. The Bertz CT molecular complexity index is 576. The summed E-state index contributed by atoms with van der Waals surface area (Å²) in [6.07, 6.45) is -1.89. The summed E-state index contributed by atoms with van der Waals surface area (Å²) < 4.78 is 0. The van der Waals surface area contributed by atoms with Crippen LogP contribution in [0.3, 0.4) is 0 Å². The third kappa shape index (κ3) is 2.43. The Morgan fingerprint density at radius 1 is 1.39 bits per heavy atom. The lowest BCUT2D eigenvalue weighted by Crippen LogP contribution is -2.19. The molecular formula is C11H13N5O2. The molecule has 2 unspecified atom stereocenters. The van der Waals surface area contributed by atoms with E-state index in [2.05, 4.69) is 20.2 Å². The molecule has 1 aromatic heterocycles. The average Bonchev–Trinajstić information content (AvgIpc) is 2.82. The van der Waals surface area contributed by atoms with Crippen LogP contribution in [0.2, 0.25) is 0 Å². The number of nitrogens with one attached hydrogen (secondary N) is 1. The lowest BCUT2D eigenvalue weighted by atomic mass is 10.0. The quantitative estimate of drug-likeness (QED) is 0.423. The van der Waals surface area contributed by atoms with Crippen molar-refractivity contribution in [3.05, 3.63) is 40.4 Å². The first-order valence-corrected chi connectivity index (χ1v) is 5.54. The van der Waals surface area contributed by atoms with E-state index in [0.29, 0.717) is 5.69 Å². The van der Waals surface area contributed by atoms with Gasteiger partial charge in [-0.2, -0.15) is 5.10 Å². The van der Waals surface area contributed by atoms with Gasteiger partial charge in [0.25, 0.3) is 0 Å². The molecule has 0 aliphatic carbocycles. The van der Waals surface area contributed by atoms with Gasteiger partial charge in [-0.1, -0.05) is 23.3 Å². The Labute approximate surface area is 103 Å². The van der Waals surface area contributed by atoms with E-state index in [4.69, 9.17) is 5.53 Å². The van der Waals surface area contributed by atoms with Gasteiger partial charge in [0.1, 0.15) is 6.10 Å². The minimum Gasteiger partial charge on any atom is -0.390 e. The summed E-state index contributed by atoms with van der Waals surface area (Å²) in [6.45, 7) is 0.140. The molecule has 0 saturated heterocycles. The monoisotopic (exact) mass is 247 g/mol. The number of fused-ring (bicyclic) bond motifs is 1. The number of aliphatic hydroxyl groups excluding tert-OH is 2. The maximum absolute atomic E-state index is 10.0. The van der Waals surface area contributed by atoms with Crippen molar-refractivity contribution in [1.82, 2.24) is 10.2 Å². The van der Waals surface area contributed by atoms with Crippen LogP contribution in [-0.2, 0) is 0 Å². The van der Waals surface area contributed by atoms with E-state index < -0.39 is 12.2 Å². The molecule has 0 bridgehead atoms. The van der Waals surface area contributed by atoms with Gasteiger partial charge in [0.2, 0.25) is 0 Å². The van der Waals surface area contributed by atoms with Gasteiger partial charge in [-0.3, -0.25) is 5.10 Å². The molecule has 18 heavy (non-hydrogen) atoms. The molecule has 1 heterocycles. The summed E-state index contributed by atoms with van der Waals surface area (Å²) >= 11 is 0. The van der Waals surface area contributed by atoms with Gasteiger partial charge in [0.05, 0.1) is 17.3 Å². The van der Waals surface area contributed by atoms with Crippen molar-refractivity contribution in [2.75, 3.05) is 6.54 Å². The molecule has 94 valence electrons. The molecule has 7 heteroatoms. The van der Waals surface area contributed by atoms with Gasteiger partial charge in [0.15, 0.2) is 0 Å². The number of nitrogens with zero attached hydrogens (tertiary/aromatic N) is 4. The third-order valence-corrected chi connectivity index (χ3v) is 2.74. The van der Waals surface area contributed by atoms with Gasteiger partial charge in [-0.25, -0.2) is 0 Å². The van der Waals surface area contributed by atoms with Gasteiger partial charge in [-0.05, 0) is 18.0 Å². The highest BCUT2D eigenvalue weighted by Gasteiger charge is 2.21. The summed E-state index contributed by atoms with van der Waals surface area (Å²) in [7, 11) is 0. The van der Waals surface area contributed by atoms with Crippen LogP contribution in [-0.4, -0.2) is 33.1 Å². The topological polar surface area (TPSA) is 118 Å². The predicted molar refractivity (Wildman–Crippen MR) is 65.7 cm³/mol. The molecule has 3 N–H and O–H groups in total. The first-order valence-electron chi connectivity index (χ1n) is 5.54. The Morgan fingerprint density at radius 3 is 2.94 bits per heavy atom. The zero-order chi connectivity index (χ0) is 13.0. The first-order chi connectivity index (χ1) is 8.74. The maximum atomic E-state index is 10.0. The van der Waals surface area contributed by atoms with Crippen LogP contribution >= 0.6 is 0 Å². The van der Waals surface area contributed by atoms with Crippen LogP contribution in [0.25, 0.3) is 21.3 Å². The fraction of sp³-hybridized carbons (Fsp3) is 0.364. The van der Waals surface area contributed by atoms with Crippen LogP contribution in [0, 0.1) is 0 Å². The van der Waals surface area contributed by atoms with Gasteiger partial charge < -0.3 is 10.2 Å². The van der Waals surface area contributed by atoms with Crippen LogP contribution in [0.4, 0.5) is 0 Å². The molecule has 0 fully saturated rings. The van der Waals surface area contributed by atoms with Crippen molar-refractivity contribution < 1.29 is 10.2 Å². The van der Waals surface area contributed by atoms with E-state index in [9.17, 15) is 10.2 Å². The molecule has 2 aromatic rings. The fourth-order valence-corrected chi connectivity index (χ4v) is 1.79. The number of benzene rings is 1. The smallest absolute Gasteiger partial charge is 0.122 e. The van der Waals surface area contributed by atoms with E-state index in [1.165, 1.54) is 0 Å². The summed E-state index contributed by atoms with van der Waals surface area (Å²) in [5.41, 5.74) is 9.34. The lowest BCUT2D eigenvalue weighted by molar-refractivity contribution is 0.0133. The summed E-state index contributed by atoms with van der Waals surface area (Å²) in [5.74, 6) is 0. The van der Waals surface area contributed by atoms with Crippen LogP contribution in [0.5, 0.6) is 0 Å². The number of aliphatic hydroxyl groups is 2. The van der Waals surface area contributed by atoms with Gasteiger partial charge in [0, 0.05) is 16.8 Å². The van der Waals surface area contributed by atoms with Gasteiger partial charge >= 0.3 is 0 Å². The summed E-state index contributed by atoms with van der Waals surface area (Å²) in [4.78, 5) is 2.59. The molecular weight excluding hydrogens is 234 g/mol. The predicted octanol–water partition coefficient (Wildman–Crippen LogP) is 1.66. The zero-order valence-electron chi connectivity index (χ0n) is 9.56. The Hall–Kier alpha value is -2.08. The van der Waals surface area contributed by atoms with Crippen molar-refractivity contribution in [3.63, 3.8) is 0 Å². The third-order valence-electron chi connectivity index (χ3n) is 2.74. The second-order valence-corrected chi connectivity index (χ2v) is 3.91. The van der Waals surface area contributed by atoms with Crippen molar-refractivity contribution in [2.45, 2.75) is 18.6 Å². The number of aromatic nitrogens is 2. The molecule has 0 radical (unpaired) electrons. The number of hydrogen-bond acceptors (Lipinski definition) is 4. The maximum Gasteiger partial charge on any atom is 0.122 e. The molecule has 7 nitrogen and oxygen atoms in total. The highest BCUT2D eigenvalue weighted by atomic mass is 16.3. The standard InChI is InChI=1S/C11H13N5O2/c12-16-13-6-5-9(17)11(18)10-7-3-1-2-4-8(7)14-15-10/h1-4,9,11,17-18H,5-6H2,(H,14,15). The molecule has 2 rings (SSSR count). The fourth-order valence-electron chi connectivity index (χ4n) is 1.79. The second kappa shape index (κ2) is 5.50.